The summed E-state index contributed by atoms with van der Waals surface area (Å²) in [6.45, 7) is 11.7. The molecular formula is C14H22N4O. The highest BCUT2D eigenvalue weighted by Gasteiger charge is 2.14. The molecule has 0 fully saturated rings. The molecule has 2 heterocycles. The maximum atomic E-state index is 5.55. The van der Waals surface area contributed by atoms with Gasteiger partial charge in [-0.2, -0.15) is 5.10 Å². The second-order valence-corrected chi connectivity index (χ2v) is 5.84. The van der Waals surface area contributed by atoms with Gasteiger partial charge in [-0.1, -0.05) is 0 Å². The Bertz CT molecular complexity index is 548. The summed E-state index contributed by atoms with van der Waals surface area (Å²) in [4.78, 5) is 4.31. The third-order valence-corrected chi connectivity index (χ3v) is 2.90. The van der Waals surface area contributed by atoms with Crippen LogP contribution in [0.4, 0.5) is 0 Å². The smallest absolute Gasteiger partial charge is 0.147 e. The first-order valence-corrected chi connectivity index (χ1v) is 6.53. The van der Waals surface area contributed by atoms with Crippen molar-refractivity contribution in [3.63, 3.8) is 0 Å². The lowest BCUT2D eigenvalue weighted by atomic mass is 10.1. The Kier molecular flexibility index (Phi) is 3.75. The number of nitrogens with zero attached hydrogens (tertiary/aromatic N) is 3. The summed E-state index contributed by atoms with van der Waals surface area (Å²) in [7, 11) is 0. The lowest BCUT2D eigenvalue weighted by Gasteiger charge is -2.20. The molecule has 19 heavy (non-hydrogen) atoms. The predicted molar refractivity (Wildman–Crippen MR) is 73.9 cm³/mol. The van der Waals surface area contributed by atoms with Crippen LogP contribution in [0.15, 0.2) is 16.7 Å². The molecule has 0 spiro atoms. The van der Waals surface area contributed by atoms with Crippen molar-refractivity contribution in [3.05, 3.63) is 35.3 Å². The maximum absolute atomic E-state index is 5.55. The third-order valence-electron chi connectivity index (χ3n) is 2.90. The van der Waals surface area contributed by atoms with Crippen molar-refractivity contribution < 1.29 is 4.42 Å². The quantitative estimate of drug-likeness (QED) is 0.919. The van der Waals surface area contributed by atoms with E-state index in [9.17, 15) is 0 Å². The Balaban J connectivity index is 2.09. The van der Waals surface area contributed by atoms with Gasteiger partial charge in [0.15, 0.2) is 0 Å². The molecular weight excluding hydrogens is 240 g/mol. The molecule has 0 amide bonds. The van der Waals surface area contributed by atoms with E-state index in [4.69, 9.17) is 4.42 Å². The predicted octanol–water partition coefficient (Wildman–Crippen LogP) is 2.42. The van der Waals surface area contributed by atoms with E-state index in [1.54, 1.807) is 6.26 Å². The number of hydrogen-bond donors (Lipinski definition) is 1. The first kappa shape index (κ1) is 13.8. The Morgan fingerprint density at radius 1 is 1.32 bits per heavy atom. The van der Waals surface area contributed by atoms with Crippen molar-refractivity contribution in [1.82, 2.24) is 20.1 Å². The number of rotatable bonds is 4. The fourth-order valence-corrected chi connectivity index (χ4v) is 1.88. The molecule has 0 unspecified atom stereocenters. The van der Waals surface area contributed by atoms with Gasteiger partial charge in [-0.3, -0.25) is 0 Å². The lowest BCUT2D eigenvalue weighted by Crippen LogP contribution is -2.35. The fraction of sp³-hybridized carbons (Fsp3) is 0.571. The van der Waals surface area contributed by atoms with Crippen molar-refractivity contribution in [2.45, 2.75) is 53.2 Å². The van der Waals surface area contributed by atoms with E-state index in [0.717, 1.165) is 29.5 Å². The molecule has 0 aliphatic rings. The average Bonchev–Trinajstić information content (AvgIpc) is 2.83. The van der Waals surface area contributed by atoms with Gasteiger partial charge in [0.1, 0.15) is 17.4 Å². The van der Waals surface area contributed by atoms with Crippen molar-refractivity contribution >= 4 is 0 Å². The molecule has 2 aromatic rings. The highest BCUT2D eigenvalue weighted by Crippen LogP contribution is 2.14. The molecule has 0 atom stereocenters. The van der Waals surface area contributed by atoms with Crippen LogP contribution in [-0.4, -0.2) is 20.3 Å². The van der Waals surface area contributed by atoms with Crippen molar-refractivity contribution in [2.75, 3.05) is 0 Å². The summed E-state index contributed by atoms with van der Waals surface area (Å²) in [5.41, 5.74) is 1.22. The summed E-state index contributed by atoms with van der Waals surface area (Å²) in [6.07, 6.45) is 1.73. The van der Waals surface area contributed by atoms with Crippen LogP contribution < -0.4 is 5.32 Å². The van der Waals surface area contributed by atoms with E-state index < -0.39 is 0 Å². The summed E-state index contributed by atoms with van der Waals surface area (Å²) < 4.78 is 7.46. The van der Waals surface area contributed by atoms with Gasteiger partial charge in [0, 0.05) is 11.1 Å². The molecule has 0 aliphatic carbocycles. The Morgan fingerprint density at radius 2 is 2.05 bits per heavy atom. The molecule has 0 saturated heterocycles. The van der Waals surface area contributed by atoms with E-state index >= 15 is 0 Å². The van der Waals surface area contributed by atoms with Crippen molar-refractivity contribution in [3.8, 4) is 0 Å². The van der Waals surface area contributed by atoms with E-state index in [0.29, 0.717) is 6.54 Å². The van der Waals surface area contributed by atoms with Gasteiger partial charge in [0.25, 0.3) is 0 Å². The number of aryl methyl sites for hydroxylation is 2. The van der Waals surface area contributed by atoms with Crippen molar-refractivity contribution in [1.29, 1.82) is 0 Å². The van der Waals surface area contributed by atoms with E-state index in [-0.39, 0.29) is 5.54 Å². The third kappa shape index (κ3) is 3.67. The molecule has 0 aliphatic heterocycles. The molecule has 0 aromatic carbocycles. The monoisotopic (exact) mass is 262 g/mol. The number of aromatic nitrogens is 3. The topological polar surface area (TPSA) is 55.9 Å². The van der Waals surface area contributed by atoms with Gasteiger partial charge in [-0.05, 0) is 40.7 Å². The minimum absolute atomic E-state index is 0.0732. The van der Waals surface area contributed by atoms with Crippen LogP contribution >= 0.6 is 0 Å². The zero-order valence-electron chi connectivity index (χ0n) is 12.3. The van der Waals surface area contributed by atoms with Gasteiger partial charge >= 0.3 is 0 Å². The Hall–Kier alpha value is -1.62. The lowest BCUT2D eigenvalue weighted by molar-refractivity contribution is 0.385. The Morgan fingerprint density at radius 3 is 2.63 bits per heavy atom. The zero-order chi connectivity index (χ0) is 14.0. The standard InChI is InChI=1S/C14H22N4O/c1-10-16-11(2)18(17-10)9-12-6-7-19-13(12)8-15-14(3,4)5/h6-7,15H,8-9H2,1-5H3. The van der Waals surface area contributed by atoms with Crippen LogP contribution in [-0.2, 0) is 13.1 Å². The van der Waals surface area contributed by atoms with Crippen LogP contribution in [0.5, 0.6) is 0 Å². The molecule has 2 aromatic heterocycles. The molecule has 0 saturated carbocycles. The number of hydrogen-bond acceptors (Lipinski definition) is 4. The molecule has 5 nitrogen and oxygen atoms in total. The summed E-state index contributed by atoms with van der Waals surface area (Å²) in [5.74, 6) is 2.69. The van der Waals surface area contributed by atoms with Crippen LogP contribution in [0.3, 0.4) is 0 Å². The van der Waals surface area contributed by atoms with E-state index in [2.05, 4.69) is 36.2 Å². The second-order valence-electron chi connectivity index (χ2n) is 5.84. The van der Waals surface area contributed by atoms with Gasteiger partial charge in [0.05, 0.1) is 19.4 Å². The highest BCUT2D eigenvalue weighted by atomic mass is 16.3. The van der Waals surface area contributed by atoms with Gasteiger partial charge in [0.2, 0.25) is 0 Å². The zero-order valence-corrected chi connectivity index (χ0v) is 12.3. The van der Waals surface area contributed by atoms with E-state index in [1.165, 1.54) is 0 Å². The largest absolute Gasteiger partial charge is 0.468 e. The molecule has 5 heteroatoms. The first-order chi connectivity index (χ1) is 8.85. The van der Waals surface area contributed by atoms with Crippen molar-refractivity contribution in [2.24, 2.45) is 0 Å². The second kappa shape index (κ2) is 5.17. The Labute approximate surface area is 114 Å². The summed E-state index contributed by atoms with van der Waals surface area (Å²) >= 11 is 0. The van der Waals surface area contributed by atoms with Crippen LogP contribution in [0.2, 0.25) is 0 Å². The molecule has 1 N–H and O–H groups in total. The number of furan rings is 1. The van der Waals surface area contributed by atoms with E-state index in [1.807, 2.05) is 24.6 Å². The van der Waals surface area contributed by atoms with Gasteiger partial charge in [-0.25, -0.2) is 9.67 Å². The van der Waals surface area contributed by atoms with Gasteiger partial charge < -0.3 is 9.73 Å². The maximum Gasteiger partial charge on any atom is 0.147 e. The molecule has 0 bridgehead atoms. The molecule has 2 rings (SSSR count). The first-order valence-electron chi connectivity index (χ1n) is 6.53. The number of nitrogens with one attached hydrogen (secondary N) is 1. The van der Waals surface area contributed by atoms with Crippen LogP contribution in [0, 0.1) is 13.8 Å². The minimum Gasteiger partial charge on any atom is -0.468 e. The fourth-order valence-electron chi connectivity index (χ4n) is 1.88. The summed E-state index contributed by atoms with van der Waals surface area (Å²) in [6, 6.07) is 2.00. The van der Waals surface area contributed by atoms with Crippen LogP contribution in [0.25, 0.3) is 0 Å². The van der Waals surface area contributed by atoms with Gasteiger partial charge in [-0.15, -0.1) is 0 Å². The average molecular weight is 262 g/mol. The van der Waals surface area contributed by atoms with Crippen LogP contribution in [0.1, 0.15) is 43.7 Å². The highest BCUT2D eigenvalue weighted by molar-refractivity contribution is 5.17. The normalized spacial score (nSPS) is 12.1. The summed E-state index contributed by atoms with van der Waals surface area (Å²) in [5, 5.41) is 7.81. The SMILES string of the molecule is Cc1nc(C)n(Cc2ccoc2CNC(C)(C)C)n1. The minimum atomic E-state index is 0.0732. The molecule has 104 valence electrons. The molecule has 0 radical (unpaired) electrons.